The van der Waals surface area contributed by atoms with Gasteiger partial charge < -0.3 is 9.80 Å². The fourth-order valence-corrected chi connectivity index (χ4v) is 7.97. The fraction of sp³-hybridized carbons (Fsp3) is 0.462. The second-order valence-corrected chi connectivity index (χ2v) is 13.1. The molecule has 1 aromatic heterocycles. The molecule has 0 unspecified atom stereocenters. The summed E-state index contributed by atoms with van der Waals surface area (Å²) in [4.78, 5) is 23.7. The summed E-state index contributed by atoms with van der Waals surface area (Å²) in [5, 5.41) is 1.03. The summed E-state index contributed by atoms with van der Waals surface area (Å²) in [6, 6.07) is 13.4. The van der Waals surface area contributed by atoms with Crippen molar-refractivity contribution in [2.24, 2.45) is 5.92 Å². The van der Waals surface area contributed by atoms with E-state index in [0.29, 0.717) is 43.9 Å². The van der Waals surface area contributed by atoms with Crippen LogP contribution >= 0.6 is 23.1 Å². The van der Waals surface area contributed by atoms with E-state index in [0.717, 1.165) is 35.1 Å². The summed E-state index contributed by atoms with van der Waals surface area (Å²) in [6.45, 7) is 5.81. The van der Waals surface area contributed by atoms with Crippen molar-refractivity contribution in [2.45, 2.75) is 36.0 Å². The summed E-state index contributed by atoms with van der Waals surface area (Å²) in [7, 11) is -3.53. The zero-order valence-corrected chi connectivity index (χ0v) is 23.2. The maximum absolute atomic E-state index is 13.2. The van der Waals surface area contributed by atoms with Crippen LogP contribution in [0.5, 0.6) is 0 Å². The van der Waals surface area contributed by atoms with Crippen LogP contribution in [-0.4, -0.2) is 74.0 Å². The van der Waals surface area contributed by atoms with E-state index in [2.05, 4.69) is 30.0 Å². The fourth-order valence-electron chi connectivity index (χ4n) is 5.03. The largest absolute Gasteiger partial charge is 0.345 e. The molecule has 192 valence electrons. The normalized spacial score (nSPS) is 18.2. The Balaban J connectivity index is 1.16. The SMILES string of the molecule is CCc1cccc2sc(N3CCN(C(=O)C4CCN(S(=O)(=O)c5ccc(SC)cc5)CC4)CC3)nc12. The molecule has 2 aliphatic heterocycles. The highest BCUT2D eigenvalue weighted by atomic mass is 32.2. The number of aromatic nitrogens is 1. The summed E-state index contributed by atoms with van der Waals surface area (Å²) in [5.74, 6) is 0.0463. The number of thioether (sulfide) groups is 1. The Morgan fingerprint density at radius 2 is 1.72 bits per heavy atom. The number of amides is 1. The highest BCUT2D eigenvalue weighted by molar-refractivity contribution is 7.98. The topological polar surface area (TPSA) is 73.8 Å². The van der Waals surface area contributed by atoms with Crippen molar-refractivity contribution in [2.75, 3.05) is 50.4 Å². The van der Waals surface area contributed by atoms with Crippen molar-refractivity contribution in [1.82, 2.24) is 14.2 Å². The van der Waals surface area contributed by atoms with Gasteiger partial charge >= 0.3 is 0 Å². The number of sulfonamides is 1. The van der Waals surface area contributed by atoms with Gasteiger partial charge in [-0.3, -0.25) is 4.79 Å². The van der Waals surface area contributed by atoms with Gasteiger partial charge in [-0.15, -0.1) is 11.8 Å². The van der Waals surface area contributed by atoms with Crippen molar-refractivity contribution in [3.63, 3.8) is 0 Å². The maximum Gasteiger partial charge on any atom is 0.243 e. The van der Waals surface area contributed by atoms with E-state index in [1.807, 2.05) is 23.3 Å². The molecule has 2 saturated heterocycles. The second kappa shape index (κ2) is 10.7. The minimum atomic E-state index is -3.53. The van der Waals surface area contributed by atoms with Gasteiger partial charge in [-0.25, -0.2) is 13.4 Å². The molecule has 5 rings (SSSR count). The van der Waals surface area contributed by atoms with Crippen LogP contribution < -0.4 is 4.90 Å². The molecule has 7 nitrogen and oxygen atoms in total. The third-order valence-electron chi connectivity index (χ3n) is 7.23. The van der Waals surface area contributed by atoms with Crippen molar-refractivity contribution < 1.29 is 13.2 Å². The lowest BCUT2D eigenvalue weighted by molar-refractivity contribution is -0.137. The van der Waals surface area contributed by atoms with Gasteiger partial charge in [0.25, 0.3) is 0 Å². The number of thiazole rings is 1. The minimum absolute atomic E-state index is 0.114. The number of hydrogen-bond acceptors (Lipinski definition) is 7. The van der Waals surface area contributed by atoms with E-state index in [-0.39, 0.29) is 11.8 Å². The molecule has 0 spiro atoms. The molecule has 3 heterocycles. The van der Waals surface area contributed by atoms with Crippen molar-refractivity contribution in [3.8, 4) is 0 Å². The average molecular weight is 545 g/mol. The molecule has 1 amide bonds. The number of piperazine rings is 1. The van der Waals surface area contributed by atoms with Crippen LogP contribution in [0.25, 0.3) is 10.2 Å². The number of carbonyl (C=O) groups is 1. The van der Waals surface area contributed by atoms with Crippen molar-refractivity contribution in [3.05, 3.63) is 48.0 Å². The third-order valence-corrected chi connectivity index (χ3v) is 11.0. The molecule has 0 radical (unpaired) electrons. The lowest BCUT2D eigenvalue weighted by Crippen LogP contribution is -2.52. The molecular weight excluding hydrogens is 513 g/mol. The first kappa shape index (κ1) is 25.5. The molecule has 2 fully saturated rings. The van der Waals surface area contributed by atoms with E-state index in [1.54, 1.807) is 35.2 Å². The molecular formula is C26H32N4O3S3. The number of fused-ring (bicyclic) bond motifs is 1. The van der Waals surface area contributed by atoms with E-state index < -0.39 is 10.0 Å². The number of rotatable bonds is 6. The number of piperidine rings is 1. The highest BCUT2D eigenvalue weighted by Crippen LogP contribution is 2.32. The zero-order chi connectivity index (χ0) is 25.3. The van der Waals surface area contributed by atoms with Crippen LogP contribution in [0.1, 0.15) is 25.3 Å². The molecule has 0 N–H and O–H groups in total. The van der Waals surface area contributed by atoms with Gasteiger partial charge in [0.1, 0.15) is 0 Å². The first-order valence-corrected chi connectivity index (χ1v) is 15.9. The van der Waals surface area contributed by atoms with E-state index in [1.165, 1.54) is 14.6 Å². The molecule has 10 heteroatoms. The Morgan fingerprint density at radius 1 is 1.03 bits per heavy atom. The van der Waals surface area contributed by atoms with Gasteiger partial charge in [-0.2, -0.15) is 4.31 Å². The standard InChI is InChI=1S/C26H32N4O3S3/c1-3-19-5-4-6-23-24(19)27-26(35-23)29-17-15-28(16-18-29)25(31)20-11-13-30(14-12-20)36(32,33)22-9-7-21(34-2)8-10-22/h4-10,20H,3,11-18H2,1-2H3. The van der Waals surface area contributed by atoms with E-state index in [4.69, 9.17) is 4.98 Å². The Kier molecular flexibility index (Phi) is 7.57. The Morgan fingerprint density at radius 3 is 2.36 bits per heavy atom. The van der Waals surface area contributed by atoms with Crippen LogP contribution in [0.2, 0.25) is 0 Å². The van der Waals surface area contributed by atoms with Crippen LogP contribution in [0.15, 0.2) is 52.3 Å². The lowest BCUT2D eigenvalue weighted by Gasteiger charge is -2.38. The Bertz CT molecular complexity index is 1320. The van der Waals surface area contributed by atoms with Gasteiger partial charge in [0.05, 0.1) is 15.1 Å². The van der Waals surface area contributed by atoms with Gasteiger partial charge in [-0.05, 0) is 61.4 Å². The Labute approximate surface area is 221 Å². The molecule has 3 aromatic rings. The van der Waals surface area contributed by atoms with E-state index in [9.17, 15) is 13.2 Å². The first-order chi connectivity index (χ1) is 17.4. The van der Waals surface area contributed by atoms with E-state index >= 15 is 0 Å². The van der Waals surface area contributed by atoms with Crippen molar-refractivity contribution in [1.29, 1.82) is 0 Å². The molecule has 2 aliphatic rings. The molecule has 36 heavy (non-hydrogen) atoms. The Hall–Kier alpha value is -2.14. The maximum atomic E-state index is 13.2. The average Bonchev–Trinajstić information content (AvgIpc) is 3.37. The van der Waals surface area contributed by atoms with Gasteiger partial charge in [0.15, 0.2) is 5.13 Å². The predicted molar refractivity (Wildman–Crippen MR) is 147 cm³/mol. The number of benzene rings is 2. The monoisotopic (exact) mass is 544 g/mol. The number of para-hydroxylation sites is 1. The minimum Gasteiger partial charge on any atom is -0.345 e. The van der Waals surface area contributed by atoms with Crippen LogP contribution in [-0.2, 0) is 21.2 Å². The molecule has 2 aromatic carbocycles. The first-order valence-electron chi connectivity index (χ1n) is 12.5. The number of nitrogens with zero attached hydrogens (tertiary/aromatic N) is 4. The number of aryl methyl sites for hydroxylation is 1. The molecule has 0 saturated carbocycles. The van der Waals surface area contributed by atoms with Crippen LogP contribution in [0.4, 0.5) is 5.13 Å². The quantitative estimate of drug-likeness (QED) is 0.430. The predicted octanol–water partition coefficient (Wildman–Crippen LogP) is 4.33. The number of anilines is 1. The van der Waals surface area contributed by atoms with Crippen molar-refractivity contribution >= 4 is 54.4 Å². The smallest absolute Gasteiger partial charge is 0.243 e. The second-order valence-electron chi connectivity index (χ2n) is 9.28. The highest BCUT2D eigenvalue weighted by Gasteiger charge is 2.35. The summed E-state index contributed by atoms with van der Waals surface area (Å²) in [5.41, 5.74) is 2.37. The zero-order valence-electron chi connectivity index (χ0n) is 20.7. The third kappa shape index (κ3) is 5.01. The summed E-state index contributed by atoms with van der Waals surface area (Å²) in [6.07, 6.45) is 4.07. The van der Waals surface area contributed by atoms with Gasteiger partial charge in [0, 0.05) is 50.1 Å². The molecule has 0 bridgehead atoms. The van der Waals surface area contributed by atoms with Crippen LogP contribution in [0, 0.1) is 5.92 Å². The van der Waals surface area contributed by atoms with Crippen LogP contribution in [0.3, 0.4) is 0 Å². The summed E-state index contributed by atoms with van der Waals surface area (Å²) < 4.78 is 28.8. The van der Waals surface area contributed by atoms with Gasteiger partial charge in [0.2, 0.25) is 15.9 Å². The van der Waals surface area contributed by atoms with Gasteiger partial charge in [-0.1, -0.05) is 30.4 Å². The molecule has 0 atom stereocenters. The summed E-state index contributed by atoms with van der Waals surface area (Å²) >= 11 is 3.31. The molecule has 0 aliphatic carbocycles. The lowest BCUT2D eigenvalue weighted by atomic mass is 9.96. The number of hydrogen-bond donors (Lipinski definition) is 0. The number of carbonyl (C=O) groups excluding carboxylic acids is 1.